The minimum Gasteiger partial charge on any atom is -0.376 e. The first-order chi connectivity index (χ1) is 7.70. The molecule has 86 valence electrons. The summed E-state index contributed by atoms with van der Waals surface area (Å²) in [6.07, 6.45) is 0.932. The summed E-state index contributed by atoms with van der Waals surface area (Å²) < 4.78 is 5.47. The van der Waals surface area contributed by atoms with Crippen LogP contribution in [0.3, 0.4) is 0 Å². The Hall–Kier alpha value is -1.46. The van der Waals surface area contributed by atoms with Gasteiger partial charge in [-0.05, 0) is 12.0 Å². The number of hydrogen-bond acceptors (Lipinski definition) is 4. The molecule has 0 amide bonds. The number of ether oxygens (including phenoxy) is 1. The van der Waals surface area contributed by atoms with Crippen LogP contribution in [-0.2, 0) is 4.74 Å². The third kappa shape index (κ3) is 2.20. The van der Waals surface area contributed by atoms with Crippen LogP contribution in [0, 0.1) is 10.1 Å². The van der Waals surface area contributed by atoms with Gasteiger partial charge in [0.1, 0.15) is 0 Å². The molecule has 16 heavy (non-hydrogen) atoms. The molecule has 1 aromatic rings. The fourth-order valence-electron chi connectivity index (χ4n) is 1.99. The van der Waals surface area contributed by atoms with Gasteiger partial charge in [-0.15, -0.1) is 0 Å². The molecule has 1 fully saturated rings. The van der Waals surface area contributed by atoms with Gasteiger partial charge >= 0.3 is 0 Å². The summed E-state index contributed by atoms with van der Waals surface area (Å²) in [5.41, 5.74) is 6.62. The standard InChI is InChI=1S/C11H14N2O3/c12-6-11-5-9(7-16-11)8-2-1-3-10(4-8)13(14)15/h1-4,9,11H,5-7,12H2. The fraction of sp³-hybridized carbons (Fsp3) is 0.455. The van der Waals surface area contributed by atoms with Gasteiger partial charge in [0.05, 0.1) is 17.6 Å². The maximum Gasteiger partial charge on any atom is 0.269 e. The van der Waals surface area contributed by atoms with Crippen molar-refractivity contribution in [2.75, 3.05) is 13.2 Å². The summed E-state index contributed by atoms with van der Waals surface area (Å²) in [7, 11) is 0. The first-order valence-corrected chi connectivity index (χ1v) is 5.26. The largest absolute Gasteiger partial charge is 0.376 e. The molecule has 0 radical (unpaired) electrons. The third-order valence-corrected chi connectivity index (χ3v) is 2.90. The SMILES string of the molecule is NCC1CC(c2cccc([N+](=O)[O-])c2)CO1. The van der Waals surface area contributed by atoms with Crippen molar-refractivity contribution in [3.63, 3.8) is 0 Å². The molecule has 5 nitrogen and oxygen atoms in total. The molecule has 1 saturated heterocycles. The number of nitro groups is 1. The second kappa shape index (κ2) is 4.59. The first-order valence-electron chi connectivity index (χ1n) is 5.26. The molecule has 1 aliphatic rings. The van der Waals surface area contributed by atoms with E-state index in [2.05, 4.69) is 0 Å². The van der Waals surface area contributed by atoms with Gasteiger partial charge in [0.15, 0.2) is 0 Å². The van der Waals surface area contributed by atoms with Gasteiger partial charge in [-0.25, -0.2) is 0 Å². The summed E-state index contributed by atoms with van der Waals surface area (Å²) in [5, 5.41) is 10.6. The van der Waals surface area contributed by atoms with E-state index in [0.717, 1.165) is 12.0 Å². The van der Waals surface area contributed by atoms with Crippen molar-refractivity contribution in [2.45, 2.75) is 18.4 Å². The molecule has 0 aliphatic carbocycles. The zero-order valence-electron chi connectivity index (χ0n) is 8.83. The van der Waals surface area contributed by atoms with Crippen LogP contribution >= 0.6 is 0 Å². The highest BCUT2D eigenvalue weighted by atomic mass is 16.6. The average Bonchev–Trinajstić information content (AvgIpc) is 2.77. The van der Waals surface area contributed by atoms with Gasteiger partial charge in [0, 0.05) is 24.6 Å². The van der Waals surface area contributed by atoms with Gasteiger partial charge in [-0.2, -0.15) is 0 Å². The number of benzene rings is 1. The second-order valence-electron chi connectivity index (χ2n) is 3.98. The molecule has 0 aromatic heterocycles. The van der Waals surface area contributed by atoms with E-state index >= 15 is 0 Å². The highest BCUT2D eigenvalue weighted by Gasteiger charge is 2.26. The molecule has 1 aromatic carbocycles. The number of hydrogen-bond donors (Lipinski definition) is 1. The smallest absolute Gasteiger partial charge is 0.269 e. The van der Waals surface area contributed by atoms with Gasteiger partial charge in [-0.1, -0.05) is 12.1 Å². The Morgan fingerprint density at radius 3 is 3.00 bits per heavy atom. The molecular weight excluding hydrogens is 208 g/mol. The van der Waals surface area contributed by atoms with Crippen LogP contribution < -0.4 is 5.73 Å². The molecule has 1 aliphatic heterocycles. The highest BCUT2D eigenvalue weighted by Crippen LogP contribution is 2.30. The fourth-order valence-corrected chi connectivity index (χ4v) is 1.99. The zero-order valence-corrected chi connectivity index (χ0v) is 8.83. The highest BCUT2D eigenvalue weighted by molar-refractivity contribution is 5.36. The van der Waals surface area contributed by atoms with Gasteiger partial charge in [0.25, 0.3) is 5.69 Å². The maximum absolute atomic E-state index is 10.6. The van der Waals surface area contributed by atoms with E-state index in [-0.39, 0.29) is 22.6 Å². The topological polar surface area (TPSA) is 78.4 Å². The summed E-state index contributed by atoms with van der Waals surface area (Å²) in [6.45, 7) is 1.11. The lowest BCUT2D eigenvalue weighted by Crippen LogP contribution is -2.18. The van der Waals surface area contributed by atoms with Gasteiger partial charge in [0.2, 0.25) is 0 Å². The van der Waals surface area contributed by atoms with Crippen LogP contribution in [-0.4, -0.2) is 24.2 Å². The van der Waals surface area contributed by atoms with Crippen molar-refractivity contribution in [3.8, 4) is 0 Å². The van der Waals surface area contributed by atoms with Crippen LogP contribution in [0.5, 0.6) is 0 Å². The number of rotatable bonds is 3. The van der Waals surface area contributed by atoms with Crippen molar-refractivity contribution in [1.29, 1.82) is 0 Å². The van der Waals surface area contributed by atoms with E-state index in [4.69, 9.17) is 10.5 Å². The summed E-state index contributed by atoms with van der Waals surface area (Å²) in [4.78, 5) is 10.3. The quantitative estimate of drug-likeness (QED) is 0.619. The molecule has 2 rings (SSSR count). The van der Waals surface area contributed by atoms with Crippen LogP contribution in [0.25, 0.3) is 0 Å². The Bertz CT molecular complexity index is 395. The zero-order chi connectivity index (χ0) is 11.5. The first kappa shape index (κ1) is 11.0. The normalized spacial score (nSPS) is 24.6. The minimum absolute atomic E-state index is 0.0873. The van der Waals surface area contributed by atoms with E-state index in [0.29, 0.717) is 13.2 Å². The van der Waals surface area contributed by atoms with Crippen LogP contribution in [0.2, 0.25) is 0 Å². The van der Waals surface area contributed by atoms with Crippen molar-refractivity contribution >= 4 is 5.69 Å². The number of nitrogens with two attached hydrogens (primary N) is 1. The Morgan fingerprint density at radius 2 is 2.38 bits per heavy atom. The van der Waals surface area contributed by atoms with E-state index in [1.807, 2.05) is 6.07 Å². The predicted molar refractivity (Wildman–Crippen MR) is 59.2 cm³/mol. The minimum atomic E-state index is -0.375. The summed E-state index contributed by atoms with van der Waals surface area (Å²) in [5.74, 6) is 0.230. The van der Waals surface area contributed by atoms with E-state index in [1.54, 1.807) is 12.1 Å². The van der Waals surface area contributed by atoms with Crippen molar-refractivity contribution in [1.82, 2.24) is 0 Å². The lowest BCUT2D eigenvalue weighted by molar-refractivity contribution is -0.384. The molecule has 2 unspecified atom stereocenters. The van der Waals surface area contributed by atoms with E-state index in [1.165, 1.54) is 6.07 Å². The molecule has 1 heterocycles. The molecule has 2 atom stereocenters. The number of non-ortho nitro benzene ring substituents is 1. The Kier molecular flexibility index (Phi) is 3.17. The summed E-state index contributed by atoms with van der Waals surface area (Å²) in [6, 6.07) is 6.73. The second-order valence-corrected chi connectivity index (χ2v) is 3.98. The number of nitro benzene ring substituents is 1. The molecule has 0 saturated carbocycles. The molecule has 0 spiro atoms. The number of nitrogens with zero attached hydrogens (tertiary/aromatic N) is 1. The van der Waals surface area contributed by atoms with Crippen LogP contribution in [0.1, 0.15) is 17.9 Å². The van der Waals surface area contributed by atoms with E-state index < -0.39 is 0 Å². The molecule has 2 N–H and O–H groups in total. The van der Waals surface area contributed by atoms with Crippen LogP contribution in [0.15, 0.2) is 24.3 Å². The molecule has 5 heteroatoms. The van der Waals surface area contributed by atoms with Crippen LogP contribution in [0.4, 0.5) is 5.69 Å². The monoisotopic (exact) mass is 222 g/mol. The lowest BCUT2D eigenvalue weighted by atomic mass is 9.96. The average molecular weight is 222 g/mol. The predicted octanol–water partition coefficient (Wildman–Crippen LogP) is 1.43. The molecular formula is C11H14N2O3. The van der Waals surface area contributed by atoms with Gasteiger partial charge < -0.3 is 10.5 Å². The Labute approximate surface area is 93.4 Å². The maximum atomic E-state index is 10.6. The Balaban J connectivity index is 2.15. The van der Waals surface area contributed by atoms with Crippen molar-refractivity contribution in [2.24, 2.45) is 5.73 Å². The Morgan fingerprint density at radius 1 is 1.56 bits per heavy atom. The summed E-state index contributed by atoms with van der Waals surface area (Å²) >= 11 is 0. The third-order valence-electron chi connectivity index (χ3n) is 2.90. The molecule has 0 bridgehead atoms. The van der Waals surface area contributed by atoms with Crippen molar-refractivity contribution < 1.29 is 9.66 Å². The van der Waals surface area contributed by atoms with E-state index in [9.17, 15) is 10.1 Å². The lowest BCUT2D eigenvalue weighted by Gasteiger charge is -2.07. The van der Waals surface area contributed by atoms with Gasteiger partial charge in [-0.3, -0.25) is 10.1 Å². The van der Waals surface area contributed by atoms with Crippen molar-refractivity contribution in [3.05, 3.63) is 39.9 Å².